The van der Waals surface area contributed by atoms with Crippen LogP contribution < -0.4 is 19.6 Å². The van der Waals surface area contributed by atoms with Crippen LogP contribution in [-0.4, -0.2) is 32.4 Å². The molecule has 2 rings (SSSR count). The van der Waals surface area contributed by atoms with E-state index >= 15 is 0 Å². The van der Waals surface area contributed by atoms with E-state index in [-0.39, 0.29) is 5.91 Å². The van der Waals surface area contributed by atoms with E-state index in [9.17, 15) is 4.79 Å². The van der Waals surface area contributed by atoms with Gasteiger partial charge in [0.2, 0.25) is 0 Å². The summed E-state index contributed by atoms with van der Waals surface area (Å²) < 4.78 is 17.2. The van der Waals surface area contributed by atoms with E-state index < -0.39 is 0 Å². The van der Waals surface area contributed by atoms with Gasteiger partial charge < -0.3 is 14.2 Å². The third-order valence-corrected chi connectivity index (χ3v) is 3.92. The number of nitrogens with zero attached hydrogens (tertiary/aromatic N) is 1. The number of methoxy groups -OCH3 is 1. The van der Waals surface area contributed by atoms with E-state index in [0.717, 1.165) is 10.0 Å². The molecule has 0 aliphatic heterocycles. The third kappa shape index (κ3) is 5.86. The van der Waals surface area contributed by atoms with Gasteiger partial charge in [-0.05, 0) is 43.3 Å². The number of ether oxygens (including phenoxy) is 3. The molecular weight excluding hydrogens is 412 g/mol. The maximum Gasteiger partial charge on any atom is 0.271 e. The molecule has 0 heterocycles. The average Bonchev–Trinajstić information content (AvgIpc) is 2.68. The van der Waals surface area contributed by atoms with Crippen molar-refractivity contribution in [2.24, 2.45) is 5.10 Å². The Hall–Kier alpha value is -2.80. The molecule has 27 heavy (non-hydrogen) atoms. The molecule has 142 valence electrons. The quantitative estimate of drug-likeness (QED) is 0.366. The van der Waals surface area contributed by atoms with Crippen LogP contribution in [0.1, 0.15) is 22.8 Å². The Morgan fingerprint density at radius 3 is 2.67 bits per heavy atom. The molecule has 0 aromatic heterocycles. The minimum absolute atomic E-state index is 0.348. The van der Waals surface area contributed by atoms with Crippen LogP contribution in [0.4, 0.5) is 0 Å². The van der Waals surface area contributed by atoms with Crippen molar-refractivity contribution in [1.29, 1.82) is 0 Å². The number of hydrogen-bond donors (Lipinski definition) is 1. The van der Waals surface area contributed by atoms with Gasteiger partial charge in [0.25, 0.3) is 5.91 Å². The SMILES string of the molecule is C=CCOc1ccc(C(=O)N/N=C/c2cc(Br)ccc2OCC)cc1OC. The summed E-state index contributed by atoms with van der Waals surface area (Å²) in [6.45, 7) is 6.39. The zero-order valence-corrected chi connectivity index (χ0v) is 16.8. The number of carbonyl (C=O) groups is 1. The van der Waals surface area contributed by atoms with Crippen molar-refractivity contribution >= 4 is 28.1 Å². The lowest BCUT2D eigenvalue weighted by Gasteiger charge is -2.10. The number of nitrogens with one attached hydrogen (secondary N) is 1. The van der Waals surface area contributed by atoms with E-state index in [0.29, 0.717) is 36.0 Å². The zero-order valence-electron chi connectivity index (χ0n) is 15.2. The zero-order chi connectivity index (χ0) is 19.6. The minimum Gasteiger partial charge on any atom is -0.493 e. The fourth-order valence-corrected chi connectivity index (χ4v) is 2.59. The molecule has 0 fully saturated rings. The summed E-state index contributed by atoms with van der Waals surface area (Å²) in [4.78, 5) is 12.3. The molecule has 0 bridgehead atoms. The van der Waals surface area contributed by atoms with Crippen LogP contribution in [0.25, 0.3) is 0 Å². The Labute approximate surface area is 167 Å². The number of rotatable bonds is 9. The van der Waals surface area contributed by atoms with E-state index in [1.807, 2.05) is 25.1 Å². The highest BCUT2D eigenvalue weighted by Crippen LogP contribution is 2.28. The molecule has 0 saturated carbocycles. The summed E-state index contributed by atoms with van der Waals surface area (Å²) in [7, 11) is 1.51. The second-order valence-corrected chi connectivity index (χ2v) is 6.20. The summed E-state index contributed by atoms with van der Waals surface area (Å²) in [5, 5.41) is 4.02. The largest absolute Gasteiger partial charge is 0.493 e. The van der Waals surface area contributed by atoms with Gasteiger partial charge in [-0.1, -0.05) is 28.6 Å². The Kier molecular flexibility index (Phi) is 7.88. The Bertz CT molecular complexity index is 837. The highest BCUT2D eigenvalue weighted by atomic mass is 79.9. The highest BCUT2D eigenvalue weighted by Gasteiger charge is 2.11. The Morgan fingerprint density at radius 1 is 1.19 bits per heavy atom. The first kappa shape index (κ1) is 20.5. The van der Waals surface area contributed by atoms with Crippen LogP contribution in [0.3, 0.4) is 0 Å². The number of amides is 1. The summed E-state index contributed by atoms with van der Waals surface area (Å²) in [5.74, 6) is 1.31. The van der Waals surface area contributed by atoms with Crippen LogP contribution >= 0.6 is 15.9 Å². The van der Waals surface area contributed by atoms with Crippen molar-refractivity contribution in [3.05, 3.63) is 64.7 Å². The first-order chi connectivity index (χ1) is 13.1. The molecule has 0 aliphatic carbocycles. The molecule has 1 amide bonds. The van der Waals surface area contributed by atoms with Crippen molar-refractivity contribution in [2.45, 2.75) is 6.92 Å². The van der Waals surface area contributed by atoms with Crippen LogP contribution in [0.2, 0.25) is 0 Å². The fourth-order valence-electron chi connectivity index (χ4n) is 2.21. The van der Waals surface area contributed by atoms with Crippen molar-refractivity contribution in [1.82, 2.24) is 5.43 Å². The monoisotopic (exact) mass is 432 g/mol. The number of carbonyl (C=O) groups excluding carboxylic acids is 1. The van der Waals surface area contributed by atoms with Gasteiger partial charge in [0, 0.05) is 15.6 Å². The second kappa shape index (κ2) is 10.4. The Morgan fingerprint density at radius 2 is 1.96 bits per heavy atom. The van der Waals surface area contributed by atoms with Crippen molar-refractivity contribution < 1.29 is 19.0 Å². The van der Waals surface area contributed by atoms with Crippen molar-refractivity contribution in [2.75, 3.05) is 20.3 Å². The van der Waals surface area contributed by atoms with Gasteiger partial charge >= 0.3 is 0 Å². The highest BCUT2D eigenvalue weighted by molar-refractivity contribution is 9.10. The summed E-state index contributed by atoms with van der Waals surface area (Å²) in [6, 6.07) is 10.5. The van der Waals surface area contributed by atoms with Gasteiger partial charge in [-0.3, -0.25) is 4.79 Å². The first-order valence-corrected chi connectivity index (χ1v) is 9.05. The van der Waals surface area contributed by atoms with Gasteiger partial charge in [-0.25, -0.2) is 5.43 Å². The third-order valence-electron chi connectivity index (χ3n) is 3.42. The van der Waals surface area contributed by atoms with Crippen LogP contribution in [0, 0.1) is 0 Å². The second-order valence-electron chi connectivity index (χ2n) is 5.28. The maximum absolute atomic E-state index is 12.3. The first-order valence-electron chi connectivity index (χ1n) is 8.26. The van der Waals surface area contributed by atoms with E-state index in [1.54, 1.807) is 24.3 Å². The number of halogens is 1. The molecule has 2 aromatic carbocycles. The lowest BCUT2D eigenvalue weighted by atomic mass is 10.2. The van der Waals surface area contributed by atoms with Gasteiger partial charge in [-0.2, -0.15) is 5.10 Å². The van der Waals surface area contributed by atoms with E-state index in [1.165, 1.54) is 13.3 Å². The number of hydrogen-bond acceptors (Lipinski definition) is 5. The molecule has 0 atom stereocenters. The molecule has 1 N–H and O–H groups in total. The molecule has 0 unspecified atom stereocenters. The minimum atomic E-state index is -0.368. The predicted molar refractivity (Wildman–Crippen MR) is 109 cm³/mol. The van der Waals surface area contributed by atoms with E-state index in [2.05, 4.69) is 33.0 Å². The Balaban J connectivity index is 2.10. The van der Waals surface area contributed by atoms with E-state index in [4.69, 9.17) is 14.2 Å². The molecule has 7 heteroatoms. The molecule has 6 nitrogen and oxygen atoms in total. The van der Waals surface area contributed by atoms with Crippen LogP contribution in [0.15, 0.2) is 58.6 Å². The fraction of sp³-hybridized carbons (Fsp3) is 0.200. The lowest BCUT2D eigenvalue weighted by Crippen LogP contribution is -2.17. The predicted octanol–water partition coefficient (Wildman–Crippen LogP) is 4.19. The van der Waals surface area contributed by atoms with Gasteiger partial charge in [0.15, 0.2) is 11.5 Å². The topological polar surface area (TPSA) is 69.2 Å². The summed E-state index contributed by atoms with van der Waals surface area (Å²) in [5.41, 5.74) is 3.64. The maximum atomic E-state index is 12.3. The molecule has 2 aromatic rings. The van der Waals surface area contributed by atoms with Gasteiger partial charge in [-0.15, -0.1) is 0 Å². The molecule has 0 spiro atoms. The van der Waals surface area contributed by atoms with Crippen LogP contribution in [-0.2, 0) is 0 Å². The van der Waals surface area contributed by atoms with Gasteiger partial charge in [0.1, 0.15) is 12.4 Å². The average molecular weight is 433 g/mol. The van der Waals surface area contributed by atoms with Gasteiger partial charge in [0.05, 0.1) is 19.9 Å². The molecule has 0 radical (unpaired) electrons. The lowest BCUT2D eigenvalue weighted by molar-refractivity contribution is 0.0954. The molecule has 0 saturated heterocycles. The normalized spacial score (nSPS) is 10.5. The summed E-state index contributed by atoms with van der Waals surface area (Å²) in [6.07, 6.45) is 3.17. The standard InChI is InChI=1S/C20H21BrN2O4/c1-4-10-27-18-8-6-14(12-19(18)25-3)20(24)23-22-13-15-11-16(21)7-9-17(15)26-5-2/h4,6-9,11-13H,1,5,10H2,2-3H3,(H,23,24)/b22-13+. The van der Waals surface area contributed by atoms with Crippen molar-refractivity contribution in [3.8, 4) is 17.2 Å². The molecular formula is C20H21BrN2O4. The number of hydrazone groups is 1. The number of benzene rings is 2. The smallest absolute Gasteiger partial charge is 0.271 e. The van der Waals surface area contributed by atoms with Crippen molar-refractivity contribution in [3.63, 3.8) is 0 Å². The summed E-state index contributed by atoms with van der Waals surface area (Å²) >= 11 is 3.41. The van der Waals surface area contributed by atoms with Crippen LogP contribution in [0.5, 0.6) is 17.2 Å². The molecule has 0 aliphatic rings.